The Morgan fingerprint density at radius 1 is 1.23 bits per heavy atom. The third kappa shape index (κ3) is 4.83. The van der Waals surface area contributed by atoms with E-state index in [2.05, 4.69) is 15.2 Å². The van der Waals surface area contributed by atoms with Crippen LogP contribution in [0, 0.1) is 0 Å². The van der Waals surface area contributed by atoms with E-state index in [1.165, 1.54) is 5.01 Å². The van der Waals surface area contributed by atoms with Crippen LogP contribution in [0.15, 0.2) is 35.8 Å². The molecule has 0 unspecified atom stereocenters. The molecule has 2 aromatic rings. The summed E-state index contributed by atoms with van der Waals surface area (Å²) in [6.45, 7) is 8.66. The number of nitrogens with one attached hydrogen (secondary N) is 1. The minimum Gasteiger partial charge on any atom is -0.382 e. The predicted octanol–water partition coefficient (Wildman–Crippen LogP) is 3.70. The van der Waals surface area contributed by atoms with Crippen LogP contribution in [-0.4, -0.2) is 52.9 Å². The summed E-state index contributed by atoms with van der Waals surface area (Å²) in [6.07, 6.45) is 4.14. The molecule has 1 amide bonds. The van der Waals surface area contributed by atoms with Crippen molar-refractivity contribution in [1.29, 1.82) is 0 Å². The zero-order chi connectivity index (χ0) is 18.4. The molecule has 1 saturated heterocycles. The smallest absolute Gasteiger partial charge is 0.253 e. The first-order chi connectivity index (χ1) is 12.7. The summed E-state index contributed by atoms with van der Waals surface area (Å²) in [5, 5.41) is 6.86. The molecule has 1 aliphatic heterocycles. The van der Waals surface area contributed by atoms with Crippen LogP contribution in [0.25, 0.3) is 0 Å². The highest BCUT2D eigenvalue weighted by atomic mass is 32.1. The number of piperidine rings is 1. The molecule has 0 saturated carbocycles. The number of carbonyl (C=O) groups is 1. The Morgan fingerprint density at radius 3 is 2.50 bits per heavy atom. The van der Waals surface area contributed by atoms with Crippen molar-refractivity contribution in [3.05, 3.63) is 46.4 Å². The fourth-order valence-electron chi connectivity index (χ4n) is 3.40. The highest BCUT2D eigenvalue weighted by Gasteiger charge is 2.20. The number of benzene rings is 1. The lowest BCUT2D eigenvalue weighted by molar-refractivity contribution is 0.0773. The highest BCUT2D eigenvalue weighted by Crippen LogP contribution is 2.19. The maximum atomic E-state index is 12.4. The first-order valence-electron chi connectivity index (χ1n) is 9.46. The average molecular weight is 373 g/mol. The zero-order valence-corrected chi connectivity index (χ0v) is 16.5. The number of likely N-dealkylation sites (tertiary alicyclic amines) is 1. The Hall–Kier alpha value is -1.92. The summed E-state index contributed by atoms with van der Waals surface area (Å²) in [4.78, 5) is 21.1. The Labute approximate surface area is 160 Å². The van der Waals surface area contributed by atoms with Gasteiger partial charge in [-0.05, 0) is 51.0 Å². The van der Waals surface area contributed by atoms with Crippen molar-refractivity contribution in [3.63, 3.8) is 0 Å². The topological polar surface area (TPSA) is 48.5 Å². The molecule has 1 fully saturated rings. The number of nitrogens with zero attached hydrogens (tertiary/aromatic N) is 3. The van der Waals surface area contributed by atoms with Crippen molar-refractivity contribution >= 4 is 22.9 Å². The average Bonchev–Trinajstić information content (AvgIpc) is 3.18. The van der Waals surface area contributed by atoms with E-state index in [0.29, 0.717) is 6.04 Å². The van der Waals surface area contributed by atoms with Crippen molar-refractivity contribution in [2.75, 3.05) is 31.5 Å². The van der Waals surface area contributed by atoms with E-state index in [0.717, 1.165) is 56.8 Å². The maximum Gasteiger partial charge on any atom is 0.253 e. The molecule has 6 heteroatoms. The van der Waals surface area contributed by atoms with E-state index >= 15 is 0 Å². The van der Waals surface area contributed by atoms with Gasteiger partial charge in [0, 0.05) is 55.0 Å². The Balaban J connectivity index is 1.48. The SMILES string of the molecule is CCN(CC)C(=O)c1ccc(NC2CCN(Cc3nccs3)CC2)cc1. The molecule has 0 radical (unpaired) electrons. The summed E-state index contributed by atoms with van der Waals surface area (Å²) in [5.74, 6) is 0.108. The highest BCUT2D eigenvalue weighted by molar-refractivity contribution is 7.09. The van der Waals surface area contributed by atoms with Gasteiger partial charge < -0.3 is 10.2 Å². The molecule has 2 heterocycles. The first kappa shape index (κ1) is 18.9. The number of aromatic nitrogens is 1. The van der Waals surface area contributed by atoms with Gasteiger partial charge in [-0.1, -0.05) is 0 Å². The molecule has 0 atom stereocenters. The number of amides is 1. The van der Waals surface area contributed by atoms with Gasteiger partial charge in [-0.3, -0.25) is 9.69 Å². The predicted molar refractivity (Wildman–Crippen MR) is 108 cm³/mol. The van der Waals surface area contributed by atoms with E-state index in [4.69, 9.17) is 0 Å². The minimum absolute atomic E-state index is 0.108. The molecule has 1 N–H and O–H groups in total. The number of hydrogen-bond donors (Lipinski definition) is 1. The van der Waals surface area contributed by atoms with E-state index in [1.807, 2.05) is 54.6 Å². The summed E-state index contributed by atoms with van der Waals surface area (Å²) in [6, 6.07) is 8.41. The molecule has 140 valence electrons. The van der Waals surface area contributed by atoms with Gasteiger partial charge in [0.1, 0.15) is 5.01 Å². The molecular weight excluding hydrogens is 344 g/mol. The summed E-state index contributed by atoms with van der Waals surface area (Å²) in [7, 11) is 0. The summed E-state index contributed by atoms with van der Waals surface area (Å²) in [5.41, 5.74) is 1.86. The van der Waals surface area contributed by atoms with E-state index in [9.17, 15) is 4.79 Å². The van der Waals surface area contributed by atoms with Gasteiger partial charge in [0.05, 0.1) is 6.54 Å². The zero-order valence-electron chi connectivity index (χ0n) is 15.6. The minimum atomic E-state index is 0.108. The Morgan fingerprint density at radius 2 is 1.92 bits per heavy atom. The normalized spacial score (nSPS) is 15.8. The lowest BCUT2D eigenvalue weighted by Gasteiger charge is -2.32. The van der Waals surface area contributed by atoms with Crippen molar-refractivity contribution in [2.45, 2.75) is 39.3 Å². The monoisotopic (exact) mass is 372 g/mol. The lowest BCUT2D eigenvalue weighted by atomic mass is 10.0. The lowest BCUT2D eigenvalue weighted by Crippen LogP contribution is -2.38. The van der Waals surface area contributed by atoms with Gasteiger partial charge in [-0.25, -0.2) is 4.98 Å². The molecule has 26 heavy (non-hydrogen) atoms. The summed E-state index contributed by atoms with van der Waals surface area (Å²) < 4.78 is 0. The van der Waals surface area contributed by atoms with E-state index in [-0.39, 0.29) is 5.91 Å². The molecule has 3 rings (SSSR count). The van der Waals surface area contributed by atoms with Crippen LogP contribution in [0.4, 0.5) is 5.69 Å². The van der Waals surface area contributed by atoms with Crippen molar-refractivity contribution < 1.29 is 4.79 Å². The van der Waals surface area contributed by atoms with Gasteiger partial charge in [-0.15, -0.1) is 11.3 Å². The third-order valence-electron chi connectivity index (χ3n) is 4.98. The Bertz CT molecular complexity index is 674. The van der Waals surface area contributed by atoms with Gasteiger partial charge in [0.25, 0.3) is 5.91 Å². The number of rotatable bonds is 7. The van der Waals surface area contributed by atoms with Crippen molar-refractivity contribution in [2.24, 2.45) is 0 Å². The van der Waals surface area contributed by atoms with Crippen LogP contribution in [-0.2, 0) is 6.54 Å². The van der Waals surface area contributed by atoms with Crippen molar-refractivity contribution in [3.8, 4) is 0 Å². The number of anilines is 1. The third-order valence-corrected chi connectivity index (χ3v) is 5.75. The second-order valence-electron chi connectivity index (χ2n) is 6.68. The molecule has 5 nitrogen and oxygen atoms in total. The van der Waals surface area contributed by atoms with Gasteiger partial charge in [-0.2, -0.15) is 0 Å². The van der Waals surface area contributed by atoms with E-state index in [1.54, 1.807) is 11.3 Å². The van der Waals surface area contributed by atoms with Crippen LogP contribution in [0.3, 0.4) is 0 Å². The quantitative estimate of drug-likeness (QED) is 0.805. The number of hydrogen-bond acceptors (Lipinski definition) is 5. The van der Waals surface area contributed by atoms with Gasteiger partial charge in [0.2, 0.25) is 0 Å². The fraction of sp³-hybridized carbons (Fsp3) is 0.500. The van der Waals surface area contributed by atoms with Crippen LogP contribution in [0.5, 0.6) is 0 Å². The molecule has 0 spiro atoms. The second-order valence-corrected chi connectivity index (χ2v) is 7.65. The summed E-state index contributed by atoms with van der Waals surface area (Å²) >= 11 is 1.73. The molecule has 1 aliphatic rings. The van der Waals surface area contributed by atoms with Gasteiger partial charge >= 0.3 is 0 Å². The number of carbonyl (C=O) groups excluding carboxylic acids is 1. The maximum absolute atomic E-state index is 12.4. The molecular formula is C20H28N4OS. The van der Waals surface area contributed by atoms with Crippen molar-refractivity contribution in [1.82, 2.24) is 14.8 Å². The van der Waals surface area contributed by atoms with Crippen LogP contribution >= 0.6 is 11.3 Å². The van der Waals surface area contributed by atoms with E-state index < -0.39 is 0 Å². The van der Waals surface area contributed by atoms with Gasteiger partial charge in [0.15, 0.2) is 0 Å². The fourth-order valence-corrected chi connectivity index (χ4v) is 4.05. The molecule has 1 aromatic heterocycles. The van der Waals surface area contributed by atoms with Crippen LogP contribution in [0.1, 0.15) is 42.1 Å². The largest absolute Gasteiger partial charge is 0.382 e. The molecule has 0 aliphatic carbocycles. The van der Waals surface area contributed by atoms with Crippen LogP contribution < -0.4 is 5.32 Å². The van der Waals surface area contributed by atoms with Crippen LogP contribution in [0.2, 0.25) is 0 Å². The molecule has 0 bridgehead atoms. The molecule has 1 aromatic carbocycles. The standard InChI is InChI=1S/C20H28N4OS/c1-3-24(4-2)20(25)16-5-7-17(8-6-16)22-18-9-12-23(13-10-18)15-19-21-11-14-26-19/h5-8,11,14,18,22H,3-4,9-10,12-13,15H2,1-2H3. The second kappa shape index (κ2) is 9.14. The first-order valence-corrected chi connectivity index (χ1v) is 10.3. The number of thiazole rings is 1. The Kier molecular flexibility index (Phi) is 6.63.